The van der Waals surface area contributed by atoms with Crippen molar-refractivity contribution >= 4 is 17.0 Å². The van der Waals surface area contributed by atoms with Gasteiger partial charge in [0.05, 0.1) is 17.5 Å². The van der Waals surface area contributed by atoms with Crippen LogP contribution in [0, 0.1) is 6.57 Å². The summed E-state index contributed by atoms with van der Waals surface area (Å²) in [5.41, 5.74) is -0.434. The van der Waals surface area contributed by atoms with Crippen molar-refractivity contribution in [2.24, 2.45) is 0 Å². The number of hydrogen-bond donors (Lipinski definition) is 1. The predicted molar refractivity (Wildman–Crippen MR) is 137 cm³/mol. The monoisotopic (exact) mass is 477 g/mol. The third kappa shape index (κ3) is 4.16. The number of rotatable bonds is 3. The van der Waals surface area contributed by atoms with Gasteiger partial charge >= 0.3 is 11.6 Å². The number of piperidine rings is 1. The summed E-state index contributed by atoms with van der Waals surface area (Å²) in [7, 11) is 0. The highest BCUT2D eigenvalue weighted by atomic mass is 16.4. The minimum absolute atomic E-state index is 0.145. The quantitative estimate of drug-likeness (QED) is 0.601. The summed E-state index contributed by atoms with van der Waals surface area (Å²) in [6, 6.07) is 7.57. The molecule has 0 radical (unpaired) electrons. The number of aromatic nitrogens is 2. The smallest absolute Gasteiger partial charge is 0.360 e. The van der Waals surface area contributed by atoms with Crippen LogP contribution in [0.4, 0.5) is 0 Å². The molecule has 3 fully saturated rings. The van der Waals surface area contributed by atoms with Crippen LogP contribution in [0.15, 0.2) is 29.1 Å². The number of carbonyl (C=O) groups is 1. The van der Waals surface area contributed by atoms with Gasteiger partial charge in [0.2, 0.25) is 5.69 Å². The van der Waals surface area contributed by atoms with E-state index in [2.05, 4.69) is 21.7 Å². The molecule has 3 atom stereocenters. The topological polar surface area (TPSA) is 79.8 Å². The number of hydrogen-bond acceptors (Lipinski definition) is 4. The second kappa shape index (κ2) is 9.39. The van der Waals surface area contributed by atoms with Crippen molar-refractivity contribution < 1.29 is 9.90 Å². The van der Waals surface area contributed by atoms with Crippen molar-refractivity contribution in [1.29, 1.82) is 0 Å². The highest BCUT2D eigenvalue weighted by Crippen LogP contribution is 2.56. The van der Waals surface area contributed by atoms with E-state index in [1.54, 1.807) is 10.6 Å². The molecule has 5 rings (SSSR count). The van der Waals surface area contributed by atoms with Crippen LogP contribution >= 0.6 is 0 Å². The van der Waals surface area contributed by atoms with E-state index >= 15 is 0 Å². The zero-order valence-corrected chi connectivity index (χ0v) is 20.8. The van der Waals surface area contributed by atoms with Crippen molar-refractivity contribution in [3.8, 4) is 6.57 Å². The first-order valence-electron chi connectivity index (χ1n) is 13.3. The third-order valence-corrected chi connectivity index (χ3v) is 8.87. The molecule has 7 heteroatoms. The molecule has 2 saturated heterocycles. The fraction of sp³-hybridized carbons (Fsp3) is 0.643. The summed E-state index contributed by atoms with van der Waals surface area (Å²) >= 11 is 0. The maximum atomic E-state index is 13.4. The molecule has 2 aromatic rings. The van der Waals surface area contributed by atoms with Crippen molar-refractivity contribution in [2.75, 3.05) is 0 Å². The first-order chi connectivity index (χ1) is 16.9. The van der Waals surface area contributed by atoms with E-state index in [0.717, 1.165) is 19.3 Å². The van der Waals surface area contributed by atoms with E-state index in [9.17, 15) is 14.7 Å². The molecule has 0 unspecified atom stereocenters. The average Bonchev–Trinajstić information content (AvgIpc) is 3.03. The van der Waals surface area contributed by atoms with E-state index in [4.69, 9.17) is 6.57 Å². The molecule has 2 aliphatic heterocycles. The molecule has 0 amide bonds. The van der Waals surface area contributed by atoms with Crippen molar-refractivity contribution in [1.82, 2.24) is 14.5 Å². The van der Waals surface area contributed by atoms with Gasteiger partial charge < -0.3 is 9.67 Å². The normalized spacial score (nSPS) is 30.7. The molecule has 0 spiro atoms. The minimum atomic E-state index is -1.29. The summed E-state index contributed by atoms with van der Waals surface area (Å²) in [5.74, 6) is -1.29. The van der Waals surface area contributed by atoms with Crippen molar-refractivity contribution in [3.63, 3.8) is 0 Å². The van der Waals surface area contributed by atoms with E-state index in [0.29, 0.717) is 23.5 Å². The Hall–Kier alpha value is -2.72. The van der Waals surface area contributed by atoms with Gasteiger partial charge in [-0.15, -0.1) is 0 Å². The van der Waals surface area contributed by atoms with Crippen LogP contribution in [-0.2, 0) is 0 Å². The summed E-state index contributed by atoms with van der Waals surface area (Å²) in [6.07, 6.45) is 14.6. The number of benzene rings is 1. The summed E-state index contributed by atoms with van der Waals surface area (Å²) < 4.78 is 1.68. The Morgan fingerprint density at radius 2 is 1.69 bits per heavy atom. The molecule has 3 heterocycles. The van der Waals surface area contributed by atoms with Gasteiger partial charge in [-0.1, -0.05) is 61.9 Å². The van der Waals surface area contributed by atoms with Crippen molar-refractivity contribution in [2.45, 2.75) is 114 Å². The fourth-order valence-electron chi connectivity index (χ4n) is 7.42. The van der Waals surface area contributed by atoms with Crippen LogP contribution in [0.25, 0.3) is 15.9 Å². The lowest BCUT2D eigenvalue weighted by Crippen LogP contribution is -2.61. The van der Waals surface area contributed by atoms with Crippen molar-refractivity contribution in [3.05, 3.63) is 45.2 Å². The standard InChI is InChI=1S/C28H36N4O3/c1-27-16-17-28(29-2,32(27)20-12-8-6-4-3-5-7-9-13-20)19-21(18-27)31-23-15-11-10-14-22(23)30-24(25(31)33)26(34)35/h2,10-11,14-15,20-21H,3-9,12-13,16-19H2,1H3/p+1/t21-,27+,28-/m1/s1. The zero-order valence-electron chi connectivity index (χ0n) is 20.8. The number of carboxylic acids is 1. The number of para-hydroxylation sites is 2. The first-order valence-corrected chi connectivity index (χ1v) is 13.3. The lowest BCUT2D eigenvalue weighted by molar-refractivity contribution is -0.0399. The molecule has 35 heavy (non-hydrogen) atoms. The largest absolute Gasteiger partial charge is 0.476 e. The van der Waals surface area contributed by atoms with Gasteiger partial charge in [0.1, 0.15) is 0 Å². The Morgan fingerprint density at radius 3 is 2.34 bits per heavy atom. The number of nitrogens with zero attached hydrogens (tertiary/aromatic N) is 4. The molecule has 1 N–H and O–H groups in total. The number of fused-ring (bicyclic) bond motifs is 3. The van der Waals surface area contributed by atoms with Crippen LogP contribution < -0.4 is 5.56 Å². The van der Waals surface area contributed by atoms with Gasteiger partial charge in [-0.25, -0.2) is 14.7 Å². The maximum Gasteiger partial charge on any atom is 0.360 e. The van der Waals surface area contributed by atoms with Crippen LogP contribution in [0.2, 0.25) is 0 Å². The highest BCUT2D eigenvalue weighted by molar-refractivity contribution is 5.88. The van der Waals surface area contributed by atoms with E-state index in [1.165, 1.54) is 57.8 Å². The second-order valence-electron chi connectivity index (χ2n) is 11.2. The van der Waals surface area contributed by atoms with Gasteiger partial charge in [-0.2, -0.15) is 0 Å². The SMILES string of the molecule is C#[N+][C@@]12CC[C@@](C)(C[C@@H](n3c(=O)c(C(=O)O)nc4ccccc43)C1)N2C1CCCCCCCCC1. The van der Waals surface area contributed by atoms with Gasteiger partial charge in [0, 0.05) is 24.0 Å². The molecule has 1 aliphatic carbocycles. The molecular weight excluding hydrogens is 440 g/mol. The van der Waals surface area contributed by atoms with Gasteiger partial charge in [-0.05, 0) is 44.7 Å². The predicted octanol–water partition coefficient (Wildman–Crippen LogP) is 5.84. The molecule has 1 aromatic carbocycles. The van der Waals surface area contributed by atoms with Gasteiger partial charge in [-0.3, -0.25) is 4.79 Å². The molecular formula is C28H37N4O3+. The third-order valence-electron chi connectivity index (χ3n) is 8.87. The Bertz CT molecular complexity index is 1210. The summed E-state index contributed by atoms with van der Waals surface area (Å²) in [4.78, 5) is 36.7. The zero-order chi connectivity index (χ0) is 24.6. The van der Waals surface area contributed by atoms with Crippen LogP contribution in [-0.4, -0.2) is 42.8 Å². The molecule has 7 nitrogen and oxygen atoms in total. The summed E-state index contributed by atoms with van der Waals surface area (Å²) in [5, 5.41) is 9.69. The lowest BCUT2D eigenvalue weighted by atomic mass is 9.81. The lowest BCUT2D eigenvalue weighted by Gasteiger charge is -2.49. The first kappa shape index (κ1) is 24.0. The maximum absolute atomic E-state index is 13.4. The Morgan fingerprint density at radius 1 is 1.03 bits per heavy atom. The van der Waals surface area contributed by atoms with Gasteiger partial charge in [0.15, 0.2) is 0 Å². The number of aromatic carboxylic acids is 1. The molecule has 1 aromatic heterocycles. The minimum Gasteiger partial charge on any atom is -0.476 e. The Kier molecular flexibility index (Phi) is 6.43. The average molecular weight is 478 g/mol. The molecule has 3 aliphatic rings. The van der Waals surface area contributed by atoms with E-state index < -0.39 is 22.9 Å². The fourth-order valence-corrected chi connectivity index (χ4v) is 7.42. The van der Waals surface area contributed by atoms with Gasteiger partial charge in [0.25, 0.3) is 12.1 Å². The van der Waals surface area contributed by atoms with Crippen LogP contribution in [0.5, 0.6) is 0 Å². The molecule has 186 valence electrons. The highest BCUT2D eigenvalue weighted by Gasteiger charge is 2.66. The van der Waals surface area contributed by atoms with E-state index in [1.807, 2.05) is 18.2 Å². The molecule has 1 saturated carbocycles. The van der Waals surface area contributed by atoms with Crippen LogP contribution in [0.1, 0.15) is 107 Å². The van der Waals surface area contributed by atoms with Crippen LogP contribution in [0.3, 0.4) is 0 Å². The Balaban J connectivity index is 1.56. The van der Waals surface area contributed by atoms with E-state index in [-0.39, 0.29) is 11.6 Å². The second-order valence-corrected chi connectivity index (χ2v) is 11.2. The number of carboxylic acid groups (broad SMARTS) is 1. The molecule has 2 bridgehead atoms. The summed E-state index contributed by atoms with van der Waals surface area (Å²) in [6.45, 7) is 8.52. The Labute approximate surface area is 207 Å².